The molecule has 0 radical (unpaired) electrons. The minimum absolute atomic E-state index is 0.0482. The van der Waals surface area contributed by atoms with Crippen molar-refractivity contribution < 1.29 is 13.5 Å². The molecule has 0 aromatic carbocycles. The predicted molar refractivity (Wildman–Crippen MR) is 63.3 cm³/mol. The first-order valence-electron chi connectivity index (χ1n) is 6.76. The van der Waals surface area contributed by atoms with Gasteiger partial charge in [0, 0.05) is 11.5 Å². The third-order valence-electron chi connectivity index (χ3n) is 4.59. The minimum atomic E-state index is -2.34. The van der Waals surface area contributed by atoms with Crippen LogP contribution in [-0.4, -0.2) is 32.2 Å². The van der Waals surface area contributed by atoms with Gasteiger partial charge in [0.25, 0.3) is 6.43 Å². The molecule has 1 spiro atoms. The van der Waals surface area contributed by atoms with E-state index < -0.39 is 13.0 Å². The van der Waals surface area contributed by atoms with E-state index in [0.717, 1.165) is 19.3 Å². The van der Waals surface area contributed by atoms with Crippen LogP contribution >= 0.6 is 0 Å². The van der Waals surface area contributed by atoms with Crippen molar-refractivity contribution in [2.24, 2.45) is 5.41 Å². The number of hydrogen-bond acceptors (Lipinski definition) is 2. The third kappa shape index (κ3) is 2.63. The summed E-state index contributed by atoms with van der Waals surface area (Å²) >= 11 is 0. The molecule has 0 amide bonds. The quantitative estimate of drug-likeness (QED) is 0.824. The molecule has 2 unspecified atom stereocenters. The Bertz CT molecular complexity index is 240. The number of halogens is 2. The van der Waals surface area contributed by atoms with Crippen molar-refractivity contribution >= 4 is 0 Å². The van der Waals surface area contributed by atoms with Gasteiger partial charge in [0.05, 0.1) is 6.10 Å². The first-order chi connectivity index (χ1) is 8.19. The van der Waals surface area contributed by atoms with Crippen molar-refractivity contribution in [3.63, 3.8) is 0 Å². The fourth-order valence-corrected chi connectivity index (χ4v) is 3.63. The van der Waals surface area contributed by atoms with Gasteiger partial charge in [-0.15, -0.1) is 0 Å². The summed E-state index contributed by atoms with van der Waals surface area (Å²) in [6.07, 6.45) is 5.85. The Morgan fingerprint density at radius 1 is 1.24 bits per heavy atom. The Kier molecular flexibility index (Phi) is 4.36. The molecule has 17 heavy (non-hydrogen) atoms. The second-order valence-corrected chi connectivity index (χ2v) is 5.44. The number of alkyl halides is 2. The second-order valence-electron chi connectivity index (χ2n) is 5.44. The van der Waals surface area contributed by atoms with Crippen molar-refractivity contribution in [3.8, 4) is 0 Å². The van der Waals surface area contributed by atoms with Crippen LogP contribution in [0.2, 0.25) is 0 Å². The van der Waals surface area contributed by atoms with Gasteiger partial charge >= 0.3 is 0 Å². The molecular formula is C13H23F2NO. The molecule has 2 nitrogen and oxygen atoms in total. The van der Waals surface area contributed by atoms with Gasteiger partial charge in [-0.05, 0) is 26.3 Å². The fourth-order valence-electron chi connectivity index (χ4n) is 3.63. The van der Waals surface area contributed by atoms with Crippen molar-refractivity contribution in [2.75, 3.05) is 13.7 Å². The lowest BCUT2D eigenvalue weighted by molar-refractivity contribution is -0.159. The van der Waals surface area contributed by atoms with E-state index in [9.17, 15) is 8.78 Å². The minimum Gasteiger partial charge on any atom is -0.372 e. The predicted octanol–water partition coefficient (Wildman–Crippen LogP) is 2.97. The molecule has 0 aromatic heterocycles. The van der Waals surface area contributed by atoms with E-state index in [1.54, 1.807) is 0 Å². The smallest absolute Gasteiger partial charge is 0.261 e. The van der Waals surface area contributed by atoms with E-state index in [2.05, 4.69) is 5.32 Å². The monoisotopic (exact) mass is 247 g/mol. The van der Waals surface area contributed by atoms with E-state index in [0.29, 0.717) is 6.04 Å². The summed E-state index contributed by atoms with van der Waals surface area (Å²) in [5, 5.41) is 3.34. The van der Waals surface area contributed by atoms with Crippen LogP contribution in [0.25, 0.3) is 0 Å². The van der Waals surface area contributed by atoms with Crippen molar-refractivity contribution in [1.29, 1.82) is 0 Å². The van der Waals surface area contributed by atoms with Crippen LogP contribution in [-0.2, 0) is 4.74 Å². The summed E-state index contributed by atoms with van der Waals surface area (Å²) in [5.41, 5.74) is 0.139. The Balaban J connectivity index is 1.97. The van der Waals surface area contributed by atoms with Crippen LogP contribution in [0, 0.1) is 5.41 Å². The topological polar surface area (TPSA) is 21.3 Å². The largest absolute Gasteiger partial charge is 0.372 e. The molecule has 0 saturated heterocycles. The van der Waals surface area contributed by atoms with E-state index in [1.165, 1.54) is 25.7 Å². The average Bonchev–Trinajstić information content (AvgIpc) is 2.54. The van der Waals surface area contributed by atoms with Gasteiger partial charge in [0.15, 0.2) is 0 Å². The van der Waals surface area contributed by atoms with E-state index in [1.807, 2.05) is 7.05 Å². The average molecular weight is 247 g/mol. The molecule has 1 N–H and O–H groups in total. The van der Waals surface area contributed by atoms with Gasteiger partial charge in [-0.1, -0.05) is 25.7 Å². The number of hydrogen-bond donors (Lipinski definition) is 1. The zero-order valence-corrected chi connectivity index (χ0v) is 10.6. The molecule has 2 rings (SSSR count). The van der Waals surface area contributed by atoms with Crippen LogP contribution in [0.4, 0.5) is 8.78 Å². The highest BCUT2D eigenvalue weighted by Gasteiger charge is 2.54. The van der Waals surface area contributed by atoms with Gasteiger partial charge in [-0.2, -0.15) is 0 Å². The molecule has 0 bridgehead atoms. The number of rotatable bonds is 4. The first-order valence-corrected chi connectivity index (χ1v) is 6.76. The van der Waals surface area contributed by atoms with Crippen molar-refractivity contribution in [2.45, 2.75) is 63.5 Å². The van der Waals surface area contributed by atoms with Gasteiger partial charge in [0.2, 0.25) is 0 Å². The Hall–Kier alpha value is -0.220. The maximum Gasteiger partial charge on any atom is 0.261 e. The second kappa shape index (κ2) is 5.61. The van der Waals surface area contributed by atoms with Crippen LogP contribution in [0.3, 0.4) is 0 Å². The van der Waals surface area contributed by atoms with Crippen LogP contribution < -0.4 is 5.32 Å². The lowest BCUT2D eigenvalue weighted by Gasteiger charge is -2.55. The van der Waals surface area contributed by atoms with Gasteiger partial charge in [-0.25, -0.2) is 8.78 Å². The molecule has 0 heterocycles. The lowest BCUT2D eigenvalue weighted by Crippen LogP contribution is -2.63. The molecule has 100 valence electrons. The zero-order chi connectivity index (χ0) is 12.3. The van der Waals surface area contributed by atoms with E-state index >= 15 is 0 Å². The van der Waals surface area contributed by atoms with E-state index in [4.69, 9.17) is 4.74 Å². The molecule has 2 fully saturated rings. The molecule has 0 aliphatic heterocycles. The third-order valence-corrected chi connectivity index (χ3v) is 4.59. The number of nitrogens with one attached hydrogen (secondary N) is 1. The summed E-state index contributed by atoms with van der Waals surface area (Å²) in [6, 6.07) is 0.461. The van der Waals surface area contributed by atoms with Crippen LogP contribution in [0.5, 0.6) is 0 Å². The summed E-state index contributed by atoms with van der Waals surface area (Å²) < 4.78 is 29.9. The Morgan fingerprint density at radius 3 is 2.41 bits per heavy atom. The van der Waals surface area contributed by atoms with Crippen LogP contribution in [0.15, 0.2) is 0 Å². The number of ether oxygens (including phenoxy) is 1. The normalized spacial score (nSPS) is 32.5. The van der Waals surface area contributed by atoms with Gasteiger partial charge < -0.3 is 10.1 Å². The van der Waals surface area contributed by atoms with Gasteiger partial charge in [0.1, 0.15) is 6.61 Å². The molecular weight excluding hydrogens is 224 g/mol. The Morgan fingerprint density at radius 2 is 1.88 bits per heavy atom. The maximum atomic E-state index is 12.2. The summed E-state index contributed by atoms with van der Waals surface area (Å²) in [7, 11) is 1.97. The molecule has 2 saturated carbocycles. The van der Waals surface area contributed by atoms with Crippen molar-refractivity contribution in [3.05, 3.63) is 0 Å². The first kappa shape index (κ1) is 13.2. The lowest BCUT2D eigenvalue weighted by atomic mass is 9.58. The molecule has 0 aromatic rings. The SMILES string of the molecule is CNC1CC(OCC(F)F)C12CCCCCC2. The molecule has 2 atom stereocenters. The van der Waals surface area contributed by atoms with Crippen molar-refractivity contribution in [1.82, 2.24) is 5.32 Å². The summed E-state index contributed by atoms with van der Waals surface area (Å²) in [4.78, 5) is 0. The highest BCUT2D eigenvalue weighted by molar-refractivity contribution is 5.07. The standard InChI is InChI=1S/C13H23F2NO/c1-16-10-8-11(17-9-12(14)15)13(10)6-4-2-3-5-7-13/h10-12,16H,2-9H2,1H3. The van der Waals surface area contributed by atoms with Crippen LogP contribution in [0.1, 0.15) is 44.9 Å². The zero-order valence-electron chi connectivity index (χ0n) is 10.6. The fraction of sp³-hybridized carbons (Fsp3) is 1.00. The Labute approximate surface area is 102 Å². The maximum absolute atomic E-state index is 12.2. The highest BCUT2D eigenvalue weighted by atomic mass is 19.3. The summed E-state index contributed by atoms with van der Waals surface area (Å²) in [5.74, 6) is 0. The highest BCUT2D eigenvalue weighted by Crippen LogP contribution is 2.52. The summed E-state index contributed by atoms with van der Waals surface area (Å²) in [6.45, 7) is -0.400. The molecule has 2 aliphatic carbocycles. The molecule has 4 heteroatoms. The van der Waals surface area contributed by atoms with Gasteiger partial charge in [-0.3, -0.25) is 0 Å². The molecule has 2 aliphatic rings. The van der Waals surface area contributed by atoms with E-state index in [-0.39, 0.29) is 11.5 Å².